The van der Waals surface area contributed by atoms with Gasteiger partial charge in [-0.2, -0.15) is 0 Å². The molecule has 4 heteroatoms. The maximum atomic E-state index is 12.5. The molecule has 4 nitrogen and oxygen atoms in total. The quantitative estimate of drug-likeness (QED) is 0.910. The molecule has 0 amide bonds. The molecule has 0 saturated heterocycles. The fourth-order valence-corrected chi connectivity index (χ4v) is 4.15. The molecule has 0 radical (unpaired) electrons. The number of ketones is 1. The van der Waals surface area contributed by atoms with Crippen molar-refractivity contribution in [1.29, 1.82) is 0 Å². The van der Waals surface area contributed by atoms with Crippen LogP contribution in [0.3, 0.4) is 0 Å². The molecule has 1 N–H and O–H groups in total. The average Bonchev–Trinajstić information content (AvgIpc) is 2.71. The molecule has 3 atom stereocenters. The van der Waals surface area contributed by atoms with Crippen LogP contribution in [0.1, 0.15) is 43.9 Å². The number of aliphatic hydroxyl groups is 1. The van der Waals surface area contributed by atoms with E-state index in [2.05, 4.69) is 6.92 Å². The highest BCUT2D eigenvalue weighted by Crippen LogP contribution is 2.63. The lowest BCUT2D eigenvalue weighted by Gasteiger charge is -2.48. The van der Waals surface area contributed by atoms with Crippen molar-refractivity contribution in [2.45, 2.75) is 39.2 Å². The highest BCUT2D eigenvalue weighted by molar-refractivity contribution is 5.89. The van der Waals surface area contributed by atoms with Gasteiger partial charge in [-0.05, 0) is 37.3 Å². The number of carbonyl (C=O) groups is 1. The van der Waals surface area contributed by atoms with Crippen LogP contribution in [-0.2, 0) is 11.2 Å². The maximum Gasteiger partial charge on any atom is 0.142 e. The minimum Gasteiger partial charge on any atom is -0.496 e. The number of methoxy groups -OCH3 is 2. The fourth-order valence-electron chi connectivity index (χ4n) is 4.15. The number of hydrogen-bond donors (Lipinski definition) is 1. The summed E-state index contributed by atoms with van der Waals surface area (Å²) in [6, 6.07) is 3.67. The SMILES string of the molecule is COc1ccc(OC)c2c1C[C@@]1(C)CCC(=O)[C@@]1(C)[C@H]2O. The van der Waals surface area contributed by atoms with Gasteiger partial charge in [0.05, 0.1) is 25.7 Å². The largest absolute Gasteiger partial charge is 0.496 e. The second kappa shape index (κ2) is 4.47. The first-order valence-electron chi connectivity index (χ1n) is 7.34. The molecule has 3 rings (SSSR count). The first kappa shape index (κ1) is 14.4. The molecule has 0 unspecified atom stereocenters. The Labute approximate surface area is 125 Å². The molecule has 21 heavy (non-hydrogen) atoms. The highest BCUT2D eigenvalue weighted by atomic mass is 16.5. The van der Waals surface area contributed by atoms with Gasteiger partial charge in [0.15, 0.2) is 0 Å². The normalized spacial score (nSPS) is 34.3. The van der Waals surface area contributed by atoms with E-state index < -0.39 is 11.5 Å². The van der Waals surface area contributed by atoms with E-state index in [0.29, 0.717) is 17.7 Å². The Morgan fingerprint density at radius 1 is 1.19 bits per heavy atom. The van der Waals surface area contributed by atoms with Gasteiger partial charge in [-0.25, -0.2) is 0 Å². The Kier molecular flexibility index (Phi) is 3.06. The molecule has 0 aliphatic heterocycles. The third kappa shape index (κ3) is 1.62. The van der Waals surface area contributed by atoms with Crippen LogP contribution in [-0.4, -0.2) is 25.1 Å². The fraction of sp³-hybridized carbons (Fsp3) is 0.588. The van der Waals surface area contributed by atoms with Crippen LogP contribution < -0.4 is 9.47 Å². The van der Waals surface area contributed by atoms with E-state index in [1.807, 2.05) is 13.0 Å². The van der Waals surface area contributed by atoms with Crippen molar-refractivity contribution in [3.63, 3.8) is 0 Å². The van der Waals surface area contributed by atoms with Crippen molar-refractivity contribution in [1.82, 2.24) is 0 Å². The zero-order chi connectivity index (χ0) is 15.4. The standard InChI is InChI=1S/C17H22O4/c1-16-8-7-13(18)17(16,2)15(19)14-10(9-16)11(20-3)5-6-12(14)21-4/h5-6,15,19H,7-9H2,1-4H3/t15-,16+,17-/m0/s1. The van der Waals surface area contributed by atoms with Gasteiger partial charge in [0.1, 0.15) is 17.3 Å². The first-order valence-corrected chi connectivity index (χ1v) is 7.34. The van der Waals surface area contributed by atoms with Gasteiger partial charge in [-0.3, -0.25) is 4.79 Å². The monoisotopic (exact) mass is 290 g/mol. The van der Waals surface area contributed by atoms with Gasteiger partial charge < -0.3 is 14.6 Å². The summed E-state index contributed by atoms with van der Waals surface area (Å²) in [7, 11) is 3.21. The van der Waals surface area contributed by atoms with Crippen molar-refractivity contribution in [3.8, 4) is 11.5 Å². The summed E-state index contributed by atoms with van der Waals surface area (Å²) in [5.41, 5.74) is 0.696. The molecule has 1 aromatic rings. The molecule has 1 aromatic carbocycles. The van der Waals surface area contributed by atoms with Crippen molar-refractivity contribution in [2.24, 2.45) is 10.8 Å². The zero-order valence-corrected chi connectivity index (χ0v) is 13.0. The van der Waals surface area contributed by atoms with Crippen LogP contribution in [0.4, 0.5) is 0 Å². The molecule has 1 saturated carbocycles. The van der Waals surface area contributed by atoms with Crippen LogP contribution in [0.15, 0.2) is 12.1 Å². The number of Topliss-reactive ketones (excluding diaryl/α,β-unsaturated/α-hetero) is 1. The van der Waals surface area contributed by atoms with Gasteiger partial charge in [0.25, 0.3) is 0 Å². The minimum absolute atomic E-state index is 0.146. The molecular weight excluding hydrogens is 268 g/mol. The highest BCUT2D eigenvalue weighted by Gasteiger charge is 2.62. The smallest absolute Gasteiger partial charge is 0.142 e. The Hall–Kier alpha value is -1.55. The summed E-state index contributed by atoms with van der Waals surface area (Å²) in [6.07, 6.45) is 1.20. The van der Waals surface area contributed by atoms with Gasteiger partial charge in [0.2, 0.25) is 0 Å². The lowest BCUT2D eigenvalue weighted by Crippen LogP contribution is -2.47. The number of benzene rings is 1. The van der Waals surface area contributed by atoms with Crippen LogP contribution >= 0.6 is 0 Å². The van der Waals surface area contributed by atoms with E-state index in [9.17, 15) is 9.90 Å². The Morgan fingerprint density at radius 3 is 2.43 bits per heavy atom. The number of aliphatic hydroxyl groups excluding tert-OH is 1. The lowest BCUT2D eigenvalue weighted by molar-refractivity contribution is -0.140. The average molecular weight is 290 g/mol. The van der Waals surface area contributed by atoms with Gasteiger partial charge in [-0.15, -0.1) is 0 Å². The van der Waals surface area contributed by atoms with Crippen LogP contribution in [0, 0.1) is 10.8 Å². The number of hydrogen-bond acceptors (Lipinski definition) is 4. The van der Waals surface area contributed by atoms with E-state index in [0.717, 1.165) is 24.2 Å². The van der Waals surface area contributed by atoms with Crippen molar-refractivity contribution >= 4 is 5.78 Å². The summed E-state index contributed by atoms with van der Waals surface area (Å²) in [4.78, 5) is 12.5. The Morgan fingerprint density at radius 2 is 1.81 bits per heavy atom. The molecule has 1 fully saturated rings. The zero-order valence-electron chi connectivity index (χ0n) is 13.0. The van der Waals surface area contributed by atoms with Crippen LogP contribution in [0.25, 0.3) is 0 Å². The summed E-state index contributed by atoms with van der Waals surface area (Å²) in [6.45, 7) is 4.00. The van der Waals surface area contributed by atoms with Gasteiger partial charge in [0, 0.05) is 17.5 Å². The topological polar surface area (TPSA) is 55.8 Å². The van der Waals surface area contributed by atoms with Crippen LogP contribution in [0.2, 0.25) is 0 Å². The van der Waals surface area contributed by atoms with E-state index in [1.54, 1.807) is 20.3 Å². The van der Waals surface area contributed by atoms with E-state index in [-0.39, 0.29) is 11.2 Å². The van der Waals surface area contributed by atoms with E-state index in [1.165, 1.54) is 0 Å². The number of rotatable bonds is 2. The molecule has 0 heterocycles. The number of carbonyl (C=O) groups excluding carboxylic acids is 1. The van der Waals surface area contributed by atoms with Crippen LogP contribution in [0.5, 0.6) is 11.5 Å². The maximum absolute atomic E-state index is 12.5. The molecule has 2 aliphatic rings. The number of fused-ring (bicyclic) bond motifs is 2. The summed E-state index contributed by atoms with van der Waals surface area (Å²) in [5, 5.41) is 11.0. The van der Waals surface area contributed by atoms with Gasteiger partial charge in [-0.1, -0.05) is 6.92 Å². The molecular formula is C17H22O4. The molecule has 2 aliphatic carbocycles. The second-order valence-corrected chi connectivity index (χ2v) is 6.63. The summed E-state index contributed by atoms with van der Waals surface area (Å²) >= 11 is 0. The number of ether oxygens (including phenoxy) is 2. The third-order valence-electron chi connectivity index (χ3n) is 5.84. The van der Waals surface area contributed by atoms with Crippen molar-refractivity contribution < 1.29 is 19.4 Å². The third-order valence-corrected chi connectivity index (χ3v) is 5.84. The first-order chi connectivity index (χ1) is 9.89. The summed E-state index contributed by atoms with van der Waals surface area (Å²) < 4.78 is 10.9. The Balaban J connectivity index is 2.27. The molecule has 0 aromatic heterocycles. The molecule has 114 valence electrons. The van der Waals surface area contributed by atoms with Crippen molar-refractivity contribution in [2.75, 3.05) is 14.2 Å². The van der Waals surface area contributed by atoms with Crippen molar-refractivity contribution in [3.05, 3.63) is 23.3 Å². The molecule has 0 bridgehead atoms. The predicted molar refractivity (Wildman–Crippen MR) is 78.7 cm³/mol. The van der Waals surface area contributed by atoms with E-state index >= 15 is 0 Å². The molecule has 0 spiro atoms. The Bertz CT molecular complexity index is 609. The van der Waals surface area contributed by atoms with Gasteiger partial charge >= 0.3 is 0 Å². The predicted octanol–water partition coefficient (Wildman–Crippen LogP) is 2.67. The lowest BCUT2D eigenvalue weighted by atomic mass is 9.56. The summed E-state index contributed by atoms with van der Waals surface area (Å²) in [5.74, 6) is 1.53. The van der Waals surface area contributed by atoms with E-state index in [4.69, 9.17) is 9.47 Å². The minimum atomic E-state index is -0.855. The second-order valence-electron chi connectivity index (χ2n) is 6.63.